The van der Waals surface area contributed by atoms with Gasteiger partial charge < -0.3 is 5.32 Å². The number of urea groups is 1. The van der Waals surface area contributed by atoms with Gasteiger partial charge in [-0.25, -0.2) is 4.79 Å². The number of hydrogen-bond acceptors (Lipinski definition) is 2. The molecule has 0 unspecified atom stereocenters. The second-order valence-electron chi connectivity index (χ2n) is 6.11. The van der Waals surface area contributed by atoms with E-state index in [1.807, 2.05) is 0 Å². The molecule has 0 atom stereocenters. The van der Waals surface area contributed by atoms with Crippen molar-refractivity contribution in [1.29, 1.82) is 0 Å². The van der Waals surface area contributed by atoms with Crippen molar-refractivity contribution in [1.82, 2.24) is 10.2 Å². The minimum atomic E-state index is -0.278. The molecule has 3 rings (SSSR count). The predicted octanol–water partition coefficient (Wildman–Crippen LogP) is 2.43. The summed E-state index contributed by atoms with van der Waals surface area (Å²) in [5.74, 6) is 0.123. The van der Waals surface area contributed by atoms with Crippen LogP contribution < -0.4 is 5.32 Å². The van der Waals surface area contributed by atoms with Gasteiger partial charge in [0, 0.05) is 12.6 Å². The topological polar surface area (TPSA) is 49.4 Å². The van der Waals surface area contributed by atoms with Crippen molar-refractivity contribution in [2.75, 3.05) is 6.54 Å². The maximum Gasteiger partial charge on any atom is 0.324 e. The first kappa shape index (κ1) is 12.0. The summed E-state index contributed by atoms with van der Waals surface area (Å²) in [6, 6.07) is 0.0255. The van der Waals surface area contributed by atoms with Crippen molar-refractivity contribution < 1.29 is 9.59 Å². The first-order valence-corrected chi connectivity index (χ1v) is 7.34. The number of imide groups is 1. The standard InChI is InChI=1S/C14H22N2O2/c17-12-14(8-3-1-2-4-9-14)10-15-13(18)16(12)11-6-5-7-11/h11H,1-10H2,(H,15,18). The van der Waals surface area contributed by atoms with Crippen molar-refractivity contribution in [3.63, 3.8) is 0 Å². The van der Waals surface area contributed by atoms with E-state index in [-0.39, 0.29) is 23.4 Å². The highest BCUT2D eigenvalue weighted by atomic mass is 16.2. The Kier molecular flexibility index (Phi) is 3.04. The number of amides is 3. The lowest BCUT2D eigenvalue weighted by molar-refractivity contribution is -0.145. The predicted molar refractivity (Wildman–Crippen MR) is 68.0 cm³/mol. The Morgan fingerprint density at radius 3 is 2.22 bits per heavy atom. The van der Waals surface area contributed by atoms with Gasteiger partial charge in [0.15, 0.2) is 0 Å². The second kappa shape index (κ2) is 4.56. The molecule has 1 heterocycles. The number of carbonyl (C=O) groups is 2. The van der Waals surface area contributed by atoms with Crippen LogP contribution in [-0.4, -0.2) is 29.4 Å². The van der Waals surface area contributed by atoms with Gasteiger partial charge in [-0.1, -0.05) is 25.7 Å². The van der Waals surface area contributed by atoms with Crippen molar-refractivity contribution in [3.05, 3.63) is 0 Å². The molecule has 1 spiro atoms. The van der Waals surface area contributed by atoms with E-state index in [1.54, 1.807) is 4.90 Å². The Morgan fingerprint density at radius 2 is 1.67 bits per heavy atom. The van der Waals surface area contributed by atoms with Gasteiger partial charge in [-0.15, -0.1) is 0 Å². The van der Waals surface area contributed by atoms with Crippen molar-refractivity contribution in [2.24, 2.45) is 5.41 Å². The summed E-state index contributed by atoms with van der Waals surface area (Å²) < 4.78 is 0. The minimum Gasteiger partial charge on any atom is -0.337 e. The lowest BCUT2D eigenvalue weighted by atomic mass is 9.76. The molecule has 2 aliphatic carbocycles. The van der Waals surface area contributed by atoms with Gasteiger partial charge in [0.05, 0.1) is 5.41 Å². The van der Waals surface area contributed by atoms with Gasteiger partial charge >= 0.3 is 6.03 Å². The Bertz CT molecular complexity index is 355. The van der Waals surface area contributed by atoms with E-state index in [9.17, 15) is 9.59 Å². The van der Waals surface area contributed by atoms with E-state index >= 15 is 0 Å². The van der Waals surface area contributed by atoms with Crippen LogP contribution in [0.1, 0.15) is 57.8 Å². The zero-order chi connectivity index (χ0) is 12.6. The van der Waals surface area contributed by atoms with Crippen LogP contribution in [0.15, 0.2) is 0 Å². The highest BCUT2D eigenvalue weighted by molar-refractivity contribution is 6.00. The van der Waals surface area contributed by atoms with Crippen LogP contribution in [0, 0.1) is 5.41 Å². The van der Waals surface area contributed by atoms with Gasteiger partial charge in [0.25, 0.3) is 0 Å². The SMILES string of the molecule is O=C1NCC2(CCCCCC2)C(=O)N1C1CCC1. The highest BCUT2D eigenvalue weighted by Gasteiger charge is 2.49. The molecular weight excluding hydrogens is 228 g/mol. The molecule has 0 bridgehead atoms. The third kappa shape index (κ3) is 1.82. The molecule has 18 heavy (non-hydrogen) atoms. The van der Waals surface area contributed by atoms with Crippen LogP contribution in [0.3, 0.4) is 0 Å². The quantitative estimate of drug-likeness (QED) is 0.777. The molecule has 3 amide bonds. The molecule has 4 nitrogen and oxygen atoms in total. The average molecular weight is 250 g/mol. The van der Waals surface area contributed by atoms with Crippen molar-refractivity contribution in [2.45, 2.75) is 63.8 Å². The Hall–Kier alpha value is -1.06. The monoisotopic (exact) mass is 250 g/mol. The molecule has 4 heteroatoms. The summed E-state index contributed by atoms with van der Waals surface area (Å²) in [5, 5.41) is 2.97. The third-order valence-corrected chi connectivity index (χ3v) is 4.97. The number of rotatable bonds is 1. The molecule has 100 valence electrons. The third-order valence-electron chi connectivity index (χ3n) is 4.97. The van der Waals surface area contributed by atoms with E-state index in [0.717, 1.165) is 44.9 Å². The van der Waals surface area contributed by atoms with E-state index in [4.69, 9.17) is 0 Å². The molecular formula is C14H22N2O2. The zero-order valence-corrected chi connectivity index (χ0v) is 10.9. The lowest BCUT2D eigenvalue weighted by Gasteiger charge is -2.46. The van der Waals surface area contributed by atoms with Gasteiger partial charge in [0.2, 0.25) is 5.91 Å². The number of hydrogen-bond donors (Lipinski definition) is 1. The molecule has 1 N–H and O–H groups in total. The smallest absolute Gasteiger partial charge is 0.324 e. The lowest BCUT2D eigenvalue weighted by Crippen LogP contribution is -2.64. The molecule has 1 saturated heterocycles. The number of carbonyl (C=O) groups excluding carboxylic acids is 2. The van der Waals surface area contributed by atoms with Crippen LogP contribution in [0.2, 0.25) is 0 Å². The molecule has 0 radical (unpaired) electrons. The maximum absolute atomic E-state index is 12.8. The molecule has 0 aromatic heterocycles. The molecule has 0 aromatic rings. The van der Waals surface area contributed by atoms with E-state index in [1.165, 1.54) is 12.8 Å². The fourth-order valence-corrected chi connectivity index (χ4v) is 3.53. The van der Waals surface area contributed by atoms with Crippen LogP contribution in [0.5, 0.6) is 0 Å². The number of nitrogens with zero attached hydrogens (tertiary/aromatic N) is 1. The Morgan fingerprint density at radius 1 is 1.00 bits per heavy atom. The summed E-state index contributed by atoms with van der Waals surface area (Å²) in [5.41, 5.74) is -0.278. The fraction of sp³-hybridized carbons (Fsp3) is 0.857. The molecule has 1 aliphatic heterocycles. The van der Waals surface area contributed by atoms with E-state index < -0.39 is 0 Å². The van der Waals surface area contributed by atoms with Crippen LogP contribution >= 0.6 is 0 Å². The summed E-state index contributed by atoms with van der Waals surface area (Å²) in [4.78, 5) is 26.3. The van der Waals surface area contributed by atoms with Crippen molar-refractivity contribution >= 4 is 11.9 Å². The largest absolute Gasteiger partial charge is 0.337 e. The molecule has 3 fully saturated rings. The fourth-order valence-electron chi connectivity index (χ4n) is 3.53. The summed E-state index contributed by atoms with van der Waals surface area (Å²) in [6.07, 6.45) is 9.75. The van der Waals surface area contributed by atoms with Gasteiger partial charge in [0.1, 0.15) is 0 Å². The van der Waals surface area contributed by atoms with Gasteiger partial charge in [-0.3, -0.25) is 9.69 Å². The molecule has 2 saturated carbocycles. The first-order chi connectivity index (χ1) is 8.73. The zero-order valence-electron chi connectivity index (χ0n) is 10.9. The van der Waals surface area contributed by atoms with E-state index in [0.29, 0.717) is 6.54 Å². The maximum atomic E-state index is 12.8. The second-order valence-corrected chi connectivity index (χ2v) is 6.11. The minimum absolute atomic E-state index is 0.123. The highest BCUT2D eigenvalue weighted by Crippen LogP contribution is 2.40. The Balaban J connectivity index is 1.82. The van der Waals surface area contributed by atoms with Crippen LogP contribution in [0.25, 0.3) is 0 Å². The average Bonchev–Trinajstić information content (AvgIpc) is 2.54. The molecule has 0 aromatic carbocycles. The Labute approximate surface area is 108 Å². The first-order valence-electron chi connectivity index (χ1n) is 7.34. The summed E-state index contributed by atoms with van der Waals surface area (Å²) in [6.45, 7) is 0.563. The van der Waals surface area contributed by atoms with Crippen molar-refractivity contribution in [3.8, 4) is 0 Å². The van der Waals surface area contributed by atoms with Crippen LogP contribution in [0.4, 0.5) is 4.79 Å². The summed E-state index contributed by atoms with van der Waals surface area (Å²) in [7, 11) is 0. The van der Waals surface area contributed by atoms with E-state index in [2.05, 4.69) is 5.32 Å². The number of nitrogens with one attached hydrogen (secondary N) is 1. The molecule has 3 aliphatic rings. The van der Waals surface area contributed by atoms with Gasteiger partial charge in [-0.05, 0) is 32.1 Å². The van der Waals surface area contributed by atoms with Gasteiger partial charge in [-0.2, -0.15) is 0 Å². The normalized spacial score (nSPS) is 28.8. The van der Waals surface area contributed by atoms with Crippen LogP contribution in [-0.2, 0) is 4.79 Å². The summed E-state index contributed by atoms with van der Waals surface area (Å²) >= 11 is 0.